The number of esters is 1. The van der Waals surface area contributed by atoms with Crippen LogP contribution in [-0.2, 0) is 4.74 Å². The first kappa shape index (κ1) is 11.9. The van der Waals surface area contributed by atoms with E-state index in [1.54, 1.807) is 13.0 Å². The monoisotopic (exact) mass is 221 g/mol. The SMILES string of the molecule is CCOC(=O)c1cc(C=O)cc(C#N)c1F. The van der Waals surface area contributed by atoms with Gasteiger partial charge in [0.25, 0.3) is 0 Å². The molecule has 0 unspecified atom stereocenters. The van der Waals surface area contributed by atoms with Gasteiger partial charge in [0.2, 0.25) is 0 Å². The predicted octanol–water partition coefficient (Wildman–Crippen LogP) is 1.69. The van der Waals surface area contributed by atoms with Crippen LogP contribution >= 0.6 is 0 Å². The Morgan fingerprint density at radius 2 is 2.31 bits per heavy atom. The van der Waals surface area contributed by atoms with Gasteiger partial charge in [-0.1, -0.05) is 0 Å². The highest BCUT2D eigenvalue weighted by Crippen LogP contribution is 2.16. The second kappa shape index (κ2) is 5.03. The van der Waals surface area contributed by atoms with Gasteiger partial charge in [-0.25, -0.2) is 9.18 Å². The normalized spacial score (nSPS) is 9.31. The number of carbonyl (C=O) groups excluding carboxylic acids is 2. The van der Waals surface area contributed by atoms with E-state index < -0.39 is 17.3 Å². The quantitative estimate of drug-likeness (QED) is 0.575. The van der Waals surface area contributed by atoms with Crippen LogP contribution in [0.5, 0.6) is 0 Å². The molecule has 0 heterocycles. The summed E-state index contributed by atoms with van der Waals surface area (Å²) in [4.78, 5) is 21.8. The lowest BCUT2D eigenvalue weighted by Crippen LogP contribution is -2.09. The molecule has 0 bridgehead atoms. The van der Waals surface area contributed by atoms with Crippen molar-refractivity contribution in [2.45, 2.75) is 6.92 Å². The van der Waals surface area contributed by atoms with Crippen LogP contribution in [0.4, 0.5) is 4.39 Å². The lowest BCUT2D eigenvalue weighted by Gasteiger charge is -2.04. The third kappa shape index (κ3) is 2.23. The van der Waals surface area contributed by atoms with Gasteiger partial charge in [0, 0.05) is 5.56 Å². The molecule has 0 aliphatic rings. The molecular weight excluding hydrogens is 213 g/mol. The zero-order valence-electron chi connectivity index (χ0n) is 8.49. The topological polar surface area (TPSA) is 67.2 Å². The second-order valence-electron chi connectivity index (χ2n) is 2.88. The fraction of sp³-hybridized carbons (Fsp3) is 0.182. The minimum Gasteiger partial charge on any atom is -0.462 e. The van der Waals surface area contributed by atoms with Gasteiger partial charge in [-0.15, -0.1) is 0 Å². The first-order chi connectivity index (χ1) is 7.63. The average molecular weight is 221 g/mol. The highest BCUT2D eigenvalue weighted by molar-refractivity contribution is 5.92. The van der Waals surface area contributed by atoms with Crippen molar-refractivity contribution in [3.05, 3.63) is 34.6 Å². The van der Waals surface area contributed by atoms with Crippen LogP contribution in [0, 0.1) is 17.1 Å². The number of rotatable bonds is 3. The maximum atomic E-state index is 13.5. The number of hydrogen-bond acceptors (Lipinski definition) is 4. The van der Waals surface area contributed by atoms with Crippen molar-refractivity contribution in [1.29, 1.82) is 5.26 Å². The molecule has 16 heavy (non-hydrogen) atoms. The van der Waals surface area contributed by atoms with E-state index in [4.69, 9.17) is 5.26 Å². The Kier molecular flexibility index (Phi) is 3.72. The molecule has 0 atom stereocenters. The Bertz CT molecular complexity index is 477. The van der Waals surface area contributed by atoms with E-state index in [9.17, 15) is 14.0 Å². The van der Waals surface area contributed by atoms with Crippen molar-refractivity contribution >= 4 is 12.3 Å². The molecule has 4 nitrogen and oxygen atoms in total. The average Bonchev–Trinajstić information content (AvgIpc) is 2.29. The van der Waals surface area contributed by atoms with Crippen molar-refractivity contribution in [3.63, 3.8) is 0 Å². The maximum Gasteiger partial charge on any atom is 0.341 e. The fourth-order valence-corrected chi connectivity index (χ4v) is 1.15. The Hall–Kier alpha value is -2.22. The van der Waals surface area contributed by atoms with Crippen LogP contribution in [0.25, 0.3) is 0 Å². The summed E-state index contributed by atoms with van der Waals surface area (Å²) in [7, 11) is 0. The molecule has 5 heteroatoms. The lowest BCUT2D eigenvalue weighted by molar-refractivity contribution is 0.0521. The molecule has 0 radical (unpaired) electrons. The minimum absolute atomic E-state index is 0.0565. The van der Waals surface area contributed by atoms with Gasteiger partial charge in [-0.2, -0.15) is 5.26 Å². The van der Waals surface area contributed by atoms with Crippen LogP contribution in [-0.4, -0.2) is 18.9 Å². The van der Waals surface area contributed by atoms with E-state index in [0.29, 0.717) is 6.29 Å². The minimum atomic E-state index is -0.966. The van der Waals surface area contributed by atoms with Crippen molar-refractivity contribution < 1.29 is 18.7 Å². The van der Waals surface area contributed by atoms with Crippen LogP contribution in [0.2, 0.25) is 0 Å². The Balaban J connectivity index is 3.32. The molecule has 1 aromatic rings. The third-order valence-corrected chi connectivity index (χ3v) is 1.85. The number of aldehydes is 1. The summed E-state index contributed by atoms with van der Waals surface area (Å²) in [6.45, 7) is 1.66. The molecule has 82 valence electrons. The van der Waals surface area contributed by atoms with Crippen molar-refractivity contribution in [2.24, 2.45) is 0 Å². The first-order valence-corrected chi connectivity index (χ1v) is 4.50. The fourth-order valence-electron chi connectivity index (χ4n) is 1.15. The Morgan fingerprint density at radius 3 is 2.81 bits per heavy atom. The summed E-state index contributed by atoms with van der Waals surface area (Å²) in [6.07, 6.45) is 0.434. The van der Waals surface area contributed by atoms with E-state index in [2.05, 4.69) is 4.74 Å². The summed E-state index contributed by atoms with van der Waals surface area (Å²) in [6, 6.07) is 3.70. The number of halogens is 1. The van der Waals surface area contributed by atoms with Gasteiger partial charge in [0.15, 0.2) is 5.82 Å². The zero-order valence-corrected chi connectivity index (χ0v) is 8.49. The molecule has 0 aliphatic heterocycles. The summed E-state index contributed by atoms with van der Waals surface area (Å²) < 4.78 is 18.1. The molecule has 0 fully saturated rings. The van der Waals surface area contributed by atoms with E-state index in [1.165, 1.54) is 0 Å². The molecule has 0 saturated heterocycles. The molecular formula is C11H8FNO3. The van der Waals surface area contributed by atoms with Gasteiger partial charge >= 0.3 is 5.97 Å². The molecule has 0 aliphatic carbocycles. The standard InChI is InChI=1S/C11H8FNO3/c1-2-16-11(15)9-4-7(6-14)3-8(5-13)10(9)12/h3-4,6H,2H2,1H3. The van der Waals surface area contributed by atoms with Crippen LogP contribution in [0.1, 0.15) is 33.2 Å². The van der Waals surface area contributed by atoms with Crippen LogP contribution in [0.3, 0.4) is 0 Å². The molecule has 1 aromatic carbocycles. The summed E-state index contributed by atoms with van der Waals surface area (Å²) in [5.41, 5.74) is -0.698. The molecule has 0 N–H and O–H groups in total. The maximum absolute atomic E-state index is 13.5. The smallest absolute Gasteiger partial charge is 0.341 e. The zero-order chi connectivity index (χ0) is 12.1. The first-order valence-electron chi connectivity index (χ1n) is 4.50. The summed E-state index contributed by atoms with van der Waals surface area (Å²) in [5.74, 6) is -1.85. The van der Waals surface area contributed by atoms with Crippen molar-refractivity contribution in [2.75, 3.05) is 6.61 Å². The molecule has 0 saturated carbocycles. The molecule has 0 spiro atoms. The van der Waals surface area contributed by atoms with Crippen LogP contribution < -0.4 is 0 Å². The van der Waals surface area contributed by atoms with Gasteiger partial charge < -0.3 is 4.74 Å². The third-order valence-electron chi connectivity index (χ3n) is 1.85. The number of hydrogen-bond donors (Lipinski definition) is 0. The number of carbonyl (C=O) groups is 2. The number of nitrogens with zero attached hydrogens (tertiary/aromatic N) is 1. The van der Waals surface area contributed by atoms with E-state index >= 15 is 0 Å². The number of benzene rings is 1. The van der Waals surface area contributed by atoms with Gasteiger partial charge in [-0.3, -0.25) is 4.79 Å². The highest BCUT2D eigenvalue weighted by atomic mass is 19.1. The summed E-state index contributed by atoms with van der Waals surface area (Å²) in [5, 5.41) is 8.62. The summed E-state index contributed by atoms with van der Waals surface area (Å²) >= 11 is 0. The molecule has 1 rings (SSSR count). The van der Waals surface area contributed by atoms with E-state index in [-0.39, 0.29) is 17.7 Å². The lowest BCUT2D eigenvalue weighted by atomic mass is 10.1. The van der Waals surface area contributed by atoms with Crippen LogP contribution in [0.15, 0.2) is 12.1 Å². The molecule has 0 amide bonds. The number of nitriles is 1. The van der Waals surface area contributed by atoms with Gasteiger partial charge in [-0.05, 0) is 19.1 Å². The number of ether oxygens (including phenoxy) is 1. The van der Waals surface area contributed by atoms with E-state index in [1.807, 2.05) is 0 Å². The highest BCUT2D eigenvalue weighted by Gasteiger charge is 2.17. The largest absolute Gasteiger partial charge is 0.462 e. The van der Waals surface area contributed by atoms with Crippen molar-refractivity contribution in [1.82, 2.24) is 0 Å². The van der Waals surface area contributed by atoms with Crippen molar-refractivity contribution in [3.8, 4) is 6.07 Å². The van der Waals surface area contributed by atoms with E-state index in [0.717, 1.165) is 12.1 Å². The Labute approximate surface area is 91.3 Å². The second-order valence-corrected chi connectivity index (χ2v) is 2.88. The van der Waals surface area contributed by atoms with Gasteiger partial charge in [0.05, 0.1) is 17.7 Å². The van der Waals surface area contributed by atoms with Gasteiger partial charge in [0.1, 0.15) is 12.4 Å². The molecule has 0 aromatic heterocycles. The predicted molar refractivity (Wildman–Crippen MR) is 52.5 cm³/mol. The Morgan fingerprint density at radius 1 is 1.62 bits per heavy atom.